The molecule has 0 fully saturated rings. The summed E-state index contributed by atoms with van der Waals surface area (Å²) in [5.74, 6) is 0. The molecule has 0 radical (unpaired) electrons. The van der Waals surface area contributed by atoms with Gasteiger partial charge in [0.1, 0.15) is 5.52 Å². The Morgan fingerprint density at radius 2 is 2.18 bits per heavy atom. The molecule has 0 bridgehead atoms. The maximum atomic E-state index is 5.64. The topological polar surface area (TPSA) is 66.9 Å². The molecule has 0 atom stereocenters. The van der Waals surface area contributed by atoms with E-state index in [2.05, 4.69) is 20.6 Å². The number of hydrogen-bond acceptors (Lipinski definition) is 3. The Bertz CT molecular complexity index is 553. The molecule has 7 nitrogen and oxygen atoms in total. The van der Waals surface area contributed by atoms with Gasteiger partial charge in [0, 0.05) is 23.0 Å². The number of quaternary nitrogens is 1. The highest BCUT2D eigenvalue weighted by Crippen LogP contribution is 2.08. The summed E-state index contributed by atoms with van der Waals surface area (Å²) in [7, 11) is 7.75. The van der Waals surface area contributed by atoms with Crippen LogP contribution in [-0.2, 0) is 0 Å². The molecule has 0 aliphatic carbocycles. The second-order valence-corrected chi connectivity index (χ2v) is 4.47. The first-order valence-electron chi connectivity index (χ1n) is 5.24. The van der Waals surface area contributed by atoms with Crippen molar-refractivity contribution < 1.29 is 9.01 Å². The van der Waals surface area contributed by atoms with Crippen molar-refractivity contribution in [2.24, 2.45) is 0 Å². The van der Waals surface area contributed by atoms with Crippen LogP contribution in [0, 0.1) is 0 Å². The minimum atomic E-state index is 0.505. The molecule has 2 heterocycles. The van der Waals surface area contributed by atoms with Gasteiger partial charge < -0.3 is 0 Å². The second kappa shape index (κ2) is 4.10. The van der Waals surface area contributed by atoms with Gasteiger partial charge in [-0.2, -0.15) is 4.48 Å². The molecule has 0 aliphatic rings. The van der Waals surface area contributed by atoms with Crippen LogP contribution in [0.25, 0.3) is 11.2 Å². The van der Waals surface area contributed by atoms with Crippen LogP contribution in [0.1, 0.15) is 0 Å². The van der Waals surface area contributed by atoms with Crippen LogP contribution in [0.5, 0.6) is 0 Å². The molecule has 0 saturated carbocycles. The van der Waals surface area contributed by atoms with Crippen molar-refractivity contribution in [3.63, 3.8) is 0 Å². The van der Waals surface area contributed by atoms with Crippen molar-refractivity contribution in [3.05, 3.63) is 18.3 Å². The maximum Gasteiger partial charge on any atom is 0.642 e. The number of hydrogen-bond donors (Lipinski definition) is 1. The zero-order valence-corrected chi connectivity index (χ0v) is 10.4. The third kappa shape index (κ3) is 2.23. The van der Waals surface area contributed by atoms with E-state index in [-0.39, 0.29) is 0 Å². The van der Waals surface area contributed by atoms with Gasteiger partial charge in [-0.25, -0.2) is 4.98 Å². The van der Waals surface area contributed by atoms with Crippen molar-refractivity contribution in [1.82, 2.24) is 25.5 Å². The van der Waals surface area contributed by atoms with E-state index in [0.29, 0.717) is 21.7 Å². The van der Waals surface area contributed by atoms with E-state index in [9.17, 15) is 0 Å². The maximum absolute atomic E-state index is 5.64. The molecule has 2 rings (SSSR count). The Kier molecular flexibility index (Phi) is 2.76. The van der Waals surface area contributed by atoms with Crippen LogP contribution in [0.3, 0.4) is 0 Å². The molecule has 2 aromatic heterocycles. The van der Waals surface area contributed by atoms with E-state index in [1.54, 1.807) is 13.2 Å². The van der Waals surface area contributed by atoms with Gasteiger partial charge in [-0.1, -0.05) is 0 Å². The monoisotopic (exact) mass is 236 g/mol. The molecule has 0 aliphatic heterocycles. The van der Waals surface area contributed by atoms with E-state index in [0.717, 1.165) is 0 Å². The van der Waals surface area contributed by atoms with Gasteiger partial charge in [-0.05, 0) is 12.1 Å². The average Bonchev–Trinajstić information content (AvgIpc) is 2.67. The second-order valence-electron chi connectivity index (χ2n) is 4.47. The number of nitrogens with one attached hydrogen (secondary N) is 1. The summed E-state index contributed by atoms with van der Waals surface area (Å²) in [6.45, 7) is 0. The predicted molar refractivity (Wildman–Crippen MR) is 63.2 cm³/mol. The molecule has 1 N–H and O–H groups in total. The lowest BCUT2D eigenvalue weighted by atomic mass is 10.4. The Balaban J connectivity index is 2.50. The first-order chi connectivity index (χ1) is 8.02. The lowest BCUT2D eigenvalue weighted by Gasteiger charge is -2.13. The first-order valence-corrected chi connectivity index (χ1v) is 5.24. The van der Waals surface area contributed by atoms with Crippen LogP contribution in [-0.4, -0.2) is 58.8 Å². The lowest BCUT2D eigenvalue weighted by molar-refractivity contribution is -0.793. The highest BCUT2D eigenvalue weighted by atomic mass is 16.6. The quantitative estimate of drug-likeness (QED) is 0.567. The molecule has 0 unspecified atom stereocenters. The van der Waals surface area contributed by atoms with E-state index < -0.39 is 0 Å². The predicted octanol–water partition coefficient (Wildman–Crippen LogP) is 0.171. The summed E-state index contributed by atoms with van der Waals surface area (Å²) in [6, 6.07) is 4.28. The van der Waals surface area contributed by atoms with Gasteiger partial charge in [0.2, 0.25) is 0 Å². The fourth-order valence-corrected chi connectivity index (χ4v) is 1.39. The smallest absolute Gasteiger partial charge is 0.254 e. The molecular formula is C10H16N6O+2. The third-order valence-electron chi connectivity index (χ3n) is 2.18. The number of fused-ring (bicyclic) bond motifs is 1. The van der Waals surface area contributed by atoms with Gasteiger partial charge >= 0.3 is 6.03 Å². The normalized spacial score (nSPS) is 13.1. The number of carbonyl (C=O) groups excluding carboxylic acids is 1. The summed E-state index contributed by atoms with van der Waals surface area (Å²) < 4.78 is 6.14. The minimum absolute atomic E-state index is 0.505. The van der Waals surface area contributed by atoms with Gasteiger partial charge in [-0.3, -0.25) is 5.32 Å². The first kappa shape index (κ1) is 11.5. The number of nitrogens with zero attached hydrogens (tertiary/aromatic N) is 5. The number of pyridine rings is 1. The van der Waals surface area contributed by atoms with Crippen molar-refractivity contribution in [2.45, 2.75) is 0 Å². The largest absolute Gasteiger partial charge is 0.642 e. The molecule has 0 saturated heterocycles. The zero-order valence-electron chi connectivity index (χ0n) is 10.4. The fraction of sp³-hybridized carbons (Fsp3) is 0.400. The summed E-state index contributed by atoms with van der Waals surface area (Å²) in [4.78, 5) is 5.49. The number of rotatable bonds is 1. The Morgan fingerprint density at radius 3 is 2.82 bits per heavy atom. The highest BCUT2D eigenvalue weighted by molar-refractivity contribution is 5.69. The number of aromatic nitrogens is 4. The van der Waals surface area contributed by atoms with Crippen LogP contribution >= 0.6 is 0 Å². The summed E-state index contributed by atoms with van der Waals surface area (Å²) in [5.41, 5.74) is 1.29. The molecule has 2 amide bonds. The fourth-order valence-electron chi connectivity index (χ4n) is 1.39. The van der Waals surface area contributed by atoms with Crippen LogP contribution in [0.15, 0.2) is 18.3 Å². The lowest BCUT2D eigenvalue weighted by Crippen LogP contribution is -2.47. The molecular weight excluding hydrogens is 220 g/mol. The molecule has 0 spiro atoms. The SMILES string of the molecule is CNC(=[O+]n1nnc2cccnc21)[N+](C)(C)C. The van der Waals surface area contributed by atoms with E-state index in [1.165, 1.54) is 4.85 Å². The van der Waals surface area contributed by atoms with Crippen molar-refractivity contribution in [3.8, 4) is 0 Å². The van der Waals surface area contributed by atoms with Gasteiger partial charge in [0.25, 0.3) is 5.65 Å². The number of amides is 2. The van der Waals surface area contributed by atoms with Crippen molar-refractivity contribution in [1.29, 1.82) is 0 Å². The summed E-state index contributed by atoms with van der Waals surface area (Å²) in [5, 5.41) is 10.9. The van der Waals surface area contributed by atoms with E-state index in [1.807, 2.05) is 33.3 Å². The molecule has 7 heteroatoms. The van der Waals surface area contributed by atoms with E-state index >= 15 is 0 Å². The van der Waals surface area contributed by atoms with Crippen molar-refractivity contribution >= 4 is 17.2 Å². The Morgan fingerprint density at radius 1 is 1.41 bits per heavy atom. The average molecular weight is 236 g/mol. The minimum Gasteiger partial charge on any atom is -0.254 e. The Labute approximate surface area is 98.9 Å². The summed E-state index contributed by atoms with van der Waals surface area (Å²) in [6.07, 6.45) is 1.68. The van der Waals surface area contributed by atoms with Gasteiger partial charge in [0.05, 0.1) is 21.1 Å². The molecule has 2 aromatic rings. The molecule has 17 heavy (non-hydrogen) atoms. The van der Waals surface area contributed by atoms with Crippen LogP contribution < -0.4 is 5.32 Å². The van der Waals surface area contributed by atoms with Gasteiger partial charge in [-0.15, -0.1) is 5.10 Å². The Hall–Kier alpha value is -2.02. The summed E-state index contributed by atoms with van der Waals surface area (Å²) >= 11 is 0. The van der Waals surface area contributed by atoms with Crippen molar-refractivity contribution in [2.75, 3.05) is 28.2 Å². The third-order valence-corrected chi connectivity index (χ3v) is 2.18. The van der Waals surface area contributed by atoms with Crippen LogP contribution in [0.2, 0.25) is 0 Å². The molecule has 90 valence electrons. The van der Waals surface area contributed by atoms with E-state index in [4.69, 9.17) is 4.53 Å². The molecule has 0 aromatic carbocycles. The zero-order chi connectivity index (χ0) is 12.5. The highest BCUT2D eigenvalue weighted by Gasteiger charge is 2.32. The standard InChI is InChI=1S/C10H16N6O/c1-11-10(16(2,3)4)17-15-9-8(13-14-15)6-5-7-12-9/h5-7,11H,1-4H3/q+2. The number of urea groups is 1. The van der Waals surface area contributed by atoms with Crippen LogP contribution in [0.4, 0.5) is 4.53 Å². The van der Waals surface area contributed by atoms with Gasteiger partial charge in [0.15, 0.2) is 4.85 Å².